The molecule has 0 radical (unpaired) electrons. The largest absolute Gasteiger partial charge is 0.389 e. The lowest BCUT2D eigenvalue weighted by atomic mass is 10.1. The lowest BCUT2D eigenvalue weighted by molar-refractivity contribution is 0.199. The maximum Gasteiger partial charge on any atom is 0.0762 e. The Kier molecular flexibility index (Phi) is 5.88. The first-order valence-electron chi connectivity index (χ1n) is 7.58. The van der Waals surface area contributed by atoms with Gasteiger partial charge in [0.2, 0.25) is 0 Å². The molecule has 0 aliphatic heterocycles. The molecule has 0 fully saturated rings. The van der Waals surface area contributed by atoms with Gasteiger partial charge in [0.15, 0.2) is 0 Å². The predicted octanol–water partition coefficient (Wildman–Crippen LogP) is 4.59. The van der Waals surface area contributed by atoms with E-state index in [0.29, 0.717) is 6.04 Å². The predicted molar refractivity (Wildman–Crippen MR) is 88.5 cm³/mol. The normalized spacial score (nSPS) is 12.8. The van der Waals surface area contributed by atoms with Crippen LogP contribution in [0.2, 0.25) is 0 Å². The maximum absolute atomic E-state index is 9.63. The van der Waals surface area contributed by atoms with Crippen LogP contribution in [0.15, 0.2) is 41.4 Å². The highest BCUT2D eigenvalue weighted by molar-refractivity contribution is 7.98. The average Bonchev–Trinajstić information content (AvgIpc) is 2.95. The Morgan fingerprint density at radius 2 is 2.00 bits per heavy atom. The summed E-state index contributed by atoms with van der Waals surface area (Å²) in [5.74, 6) is 0.858. The Bertz CT molecular complexity index is 561. The molecule has 2 rings (SSSR count). The van der Waals surface area contributed by atoms with E-state index in [0.717, 1.165) is 29.9 Å². The summed E-state index contributed by atoms with van der Waals surface area (Å²) in [7, 11) is 0. The second-order valence-electron chi connectivity index (χ2n) is 5.29. The number of hydrogen-bond donors (Lipinski definition) is 1. The molecule has 0 saturated heterocycles. The second kappa shape index (κ2) is 7.66. The summed E-state index contributed by atoms with van der Waals surface area (Å²) in [6, 6.07) is 10.7. The summed E-state index contributed by atoms with van der Waals surface area (Å²) >= 11 is 1.76. The number of aliphatic hydroxyl groups excluding tert-OH is 1. The van der Waals surface area contributed by atoms with E-state index in [4.69, 9.17) is 0 Å². The van der Waals surface area contributed by atoms with E-state index in [1.54, 1.807) is 18.7 Å². The van der Waals surface area contributed by atoms with Crippen molar-refractivity contribution in [3.8, 4) is 0 Å². The van der Waals surface area contributed by atoms with Crippen LogP contribution in [0.25, 0.3) is 0 Å². The van der Waals surface area contributed by atoms with Crippen LogP contribution in [-0.2, 0) is 5.75 Å². The van der Waals surface area contributed by atoms with Crippen LogP contribution in [-0.4, -0.2) is 14.9 Å². The molecule has 0 aliphatic rings. The van der Waals surface area contributed by atoms with Crippen molar-refractivity contribution < 1.29 is 5.11 Å². The van der Waals surface area contributed by atoms with Gasteiger partial charge in [0.1, 0.15) is 0 Å². The smallest absolute Gasteiger partial charge is 0.0762 e. The lowest BCUT2D eigenvalue weighted by Gasteiger charge is -2.12. The van der Waals surface area contributed by atoms with E-state index in [-0.39, 0.29) is 0 Å². The third-order valence-electron chi connectivity index (χ3n) is 3.71. The fourth-order valence-electron chi connectivity index (χ4n) is 2.34. The molecule has 1 atom stereocenters. The number of aliphatic hydroxyl groups is 1. The Hall–Kier alpha value is -1.26. The number of rotatable bonds is 7. The van der Waals surface area contributed by atoms with Crippen molar-refractivity contribution in [2.75, 3.05) is 0 Å². The average molecular weight is 304 g/mol. The van der Waals surface area contributed by atoms with Gasteiger partial charge in [0.05, 0.1) is 17.8 Å². The summed E-state index contributed by atoms with van der Waals surface area (Å²) in [4.78, 5) is 1.17. The van der Waals surface area contributed by atoms with E-state index in [9.17, 15) is 5.11 Å². The van der Waals surface area contributed by atoms with Crippen LogP contribution in [0.5, 0.6) is 0 Å². The van der Waals surface area contributed by atoms with Crippen molar-refractivity contribution in [1.29, 1.82) is 0 Å². The number of benzene rings is 1. The van der Waals surface area contributed by atoms with Gasteiger partial charge in [-0.25, -0.2) is 0 Å². The van der Waals surface area contributed by atoms with Gasteiger partial charge in [0, 0.05) is 16.8 Å². The quantitative estimate of drug-likeness (QED) is 0.760. The zero-order valence-electron chi connectivity index (χ0n) is 13.0. The monoisotopic (exact) mass is 304 g/mol. The molecule has 1 aromatic heterocycles. The summed E-state index contributed by atoms with van der Waals surface area (Å²) in [6.45, 7) is 6.19. The summed E-state index contributed by atoms with van der Waals surface area (Å²) < 4.78 is 2.09. The van der Waals surface area contributed by atoms with Crippen LogP contribution in [0, 0.1) is 0 Å². The molecule has 0 spiro atoms. The highest BCUT2D eigenvalue weighted by Crippen LogP contribution is 2.25. The van der Waals surface area contributed by atoms with Gasteiger partial charge in [-0.3, -0.25) is 4.68 Å². The Morgan fingerprint density at radius 1 is 1.24 bits per heavy atom. The zero-order valence-corrected chi connectivity index (χ0v) is 13.8. The minimum Gasteiger partial charge on any atom is -0.389 e. The van der Waals surface area contributed by atoms with E-state index in [2.05, 4.69) is 42.0 Å². The van der Waals surface area contributed by atoms with Gasteiger partial charge in [0.25, 0.3) is 0 Å². The molecular formula is C17H24N2OS. The van der Waals surface area contributed by atoms with Crippen molar-refractivity contribution in [3.05, 3.63) is 47.8 Å². The minimum atomic E-state index is -0.417. The number of nitrogens with zero attached hydrogens (tertiary/aromatic N) is 2. The van der Waals surface area contributed by atoms with Crippen LogP contribution in [0.1, 0.15) is 57.0 Å². The maximum atomic E-state index is 9.63. The van der Waals surface area contributed by atoms with Crippen molar-refractivity contribution in [3.63, 3.8) is 0 Å². The first-order chi connectivity index (χ1) is 10.1. The number of hydrogen-bond acceptors (Lipinski definition) is 3. The van der Waals surface area contributed by atoms with Crippen molar-refractivity contribution in [1.82, 2.24) is 9.78 Å². The molecule has 2 aromatic rings. The topological polar surface area (TPSA) is 38.0 Å². The van der Waals surface area contributed by atoms with Gasteiger partial charge >= 0.3 is 0 Å². The molecule has 0 saturated carbocycles. The number of aromatic nitrogens is 2. The third kappa shape index (κ3) is 4.35. The van der Waals surface area contributed by atoms with Crippen LogP contribution >= 0.6 is 11.8 Å². The molecule has 0 bridgehead atoms. The summed E-state index contributed by atoms with van der Waals surface area (Å²) in [6.07, 6.45) is 3.89. The minimum absolute atomic E-state index is 0.417. The fourth-order valence-corrected chi connectivity index (χ4v) is 3.20. The Morgan fingerprint density at radius 3 is 2.67 bits per heavy atom. The van der Waals surface area contributed by atoms with Crippen molar-refractivity contribution in [2.45, 2.75) is 56.4 Å². The van der Waals surface area contributed by atoms with Gasteiger partial charge in [-0.1, -0.05) is 26.0 Å². The first kappa shape index (κ1) is 16.1. The van der Waals surface area contributed by atoms with E-state index in [1.165, 1.54) is 4.90 Å². The highest BCUT2D eigenvalue weighted by Gasteiger charge is 2.08. The molecule has 0 amide bonds. The Balaban J connectivity index is 1.98. The lowest BCUT2D eigenvalue weighted by Crippen LogP contribution is -2.07. The summed E-state index contributed by atoms with van der Waals surface area (Å²) in [5.41, 5.74) is 2.07. The van der Waals surface area contributed by atoms with E-state index in [1.807, 2.05) is 18.2 Å². The molecular weight excluding hydrogens is 280 g/mol. The second-order valence-corrected chi connectivity index (χ2v) is 6.34. The highest BCUT2D eigenvalue weighted by atomic mass is 32.2. The van der Waals surface area contributed by atoms with Gasteiger partial charge in [-0.2, -0.15) is 5.10 Å². The Labute approximate surface area is 131 Å². The zero-order chi connectivity index (χ0) is 15.2. The molecule has 1 N–H and O–H groups in total. The third-order valence-corrected chi connectivity index (χ3v) is 4.73. The molecule has 114 valence electrons. The molecule has 3 nitrogen and oxygen atoms in total. The number of thioether (sulfide) groups is 1. The van der Waals surface area contributed by atoms with E-state index < -0.39 is 6.10 Å². The SMILES string of the molecule is CCC(CC)n1ccc(CSc2cccc(C(C)O)c2)n1. The molecule has 1 heterocycles. The van der Waals surface area contributed by atoms with Crippen LogP contribution in [0.4, 0.5) is 0 Å². The van der Waals surface area contributed by atoms with Crippen LogP contribution < -0.4 is 0 Å². The van der Waals surface area contributed by atoms with Crippen molar-refractivity contribution >= 4 is 11.8 Å². The standard InChI is InChI=1S/C17H24N2OS/c1-4-16(5-2)19-10-9-15(18-19)12-21-17-8-6-7-14(11-17)13(3)20/h6-11,13,16,20H,4-5,12H2,1-3H3. The fraction of sp³-hybridized carbons (Fsp3) is 0.471. The van der Waals surface area contributed by atoms with Crippen molar-refractivity contribution in [2.24, 2.45) is 0 Å². The van der Waals surface area contributed by atoms with Gasteiger partial charge in [-0.15, -0.1) is 11.8 Å². The summed E-state index contributed by atoms with van der Waals surface area (Å²) in [5, 5.41) is 14.3. The molecule has 4 heteroatoms. The van der Waals surface area contributed by atoms with Gasteiger partial charge in [-0.05, 0) is 43.5 Å². The molecule has 1 unspecified atom stereocenters. The first-order valence-corrected chi connectivity index (χ1v) is 8.57. The molecule has 1 aromatic carbocycles. The van der Waals surface area contributed by atoms with Gasteiger partial charge < -0.3 is 5.11 Å². The molecule has 0 aliphatic carbocycles. The van der Waals surface area contributed by atoms with Crippen LogP contribution in [0.3, 0.4) is 0 Å². The van der Waals surface area contributed by atoms with E-state index >= 15 is 0 Å². The molecule has 21 heavy (non-hydrogen) atoms.